The first-order chi connectivity index (χ1) is 14.9. The van der Waals surface area contributed by atoms with E-state index in [2.05, 4.69) is 90.7 Å². The Balaban J connectivity index is 0.00000231. The SMILES string of the molecule is Cl.c1ccc(C(c2ccccc2)N2CCN(Cc3nnnn3C3CCCC3)CC2)cc1. The van der Waals surface area contributed by atoms with Gasteiger partial charge in [-0.05, 0) is 34.4 Å². The van der Waals surface area contributed by atoms with Crippen LogP contribution in [0.15, 0.2) is 60.7 Å². The van der Waals surface area contributed by atoms with Crippen LogP contribution in [0, 0.1) is 0 Å². The lowest BCUT2D eigenvalue weighted by atomic mass is 9.96. The second-order valence-corrected chi connectivity index (χ2v) is 8.51. The van der Waals surface area contributed by atoms with Crippen molar-refractivity contribution in [3.8, 4) is 0 Å². The van der Waals surface area contributed by atoms with Crippen LogP contribution in [0.4, 0.5) is 0 Å². The molecule has 5 rings (SSSR count). The van der Waals surface area contributed by atoms with Crippen molar-refractivity contribution >= 4 is 12.4 Å². The number of rotatable bonds is 6. The summed E-state index contributed by atoms with van der Waals surface area (Å²) in [6.45, 7) is 5.00. The molecule has 3 aromatic rings. The van der Waals surface area contributed by atoms with Crippen LogP contribution >= 0.6 is 12.4 Å². The van der Waals surface area contributed by atoms with E-state index in [-0.39, 0.29) is 12.4 Å². The van der Waals surface area contributed by atoms with Gasteiger partial charge in [0.1, 0.15) is 0 Å². The topological polar surface area (TPSA) is 50.1 Å². The van der Waals surface area contributed by atoms with Crippen LogP contribution in [-0.4, -0.2) is 56.2 Å². The Labute approximate surface area is 190 Å². The fourth-order valence-electron chi connectivity index (χ4n) is 5.01. The third-order valence-electron chi connectivity index (χ3n) is 6.60. The molecule has 7 heteroatoms. The zero-order chi connectivity index (χ0) is 20.2. The summed E-state index contributed by atoms with van der Waals surface area (Å²) in [5.74, 6) is 1.03. The second-order valence-electron chi connectivity index (χ2n) is 8.51. The second kappa shape index (κ2) is 10.4. The maximum atomic E-state index is 4.35. The Kier molecular flexibility index (Phi) is 7.33. The Hall–Kier alpha value is -2.28. The summed E-state index contributed by atoms with van der Waals surface area (Å²) in [4.78, 5) is 5.11. The predicted octanol–water partition coefficient (Wildman–Crippen LogP) is 4.12. The van der Waals surface area contributed by atoms with Crippen molar-refractivity contribution in [2.45, 2.75) is 44.3 Å². The van der Waals surface area contributed by atoms with Gasteiger partial charge in [-0.15, -0.1) is 17.5 Å². The molecule has 1 aliphatic carbocycles. The van der Waals surface area contributed by atoms with Crippen LogP contribution in [0.25, 0.3) is 0 Å². The summed E-state index contributed by atoms with van der Waals surface area (Å²) in [7, 11) is 0. The largest absolute Gasteiger partial charge is 0.293 e. The number of piperazine rings is 1. The van der Waals surface area contributed by atoms with Gasteiger partial charge in [0.15, 0.2) is 5.82 Å². The van der Waals surface area contributed by atoms with E-state index in [1.54, 1.807) is 0 Å². The predicted molar refractivity (Wildman–Crippen MR) is 124 cm³/mol. The van der Waals surface area contributed by atoms with E-state index in [1.807, 2.05) is 0 Å². The van der Waals surface area contributed by atoms with Crippen molar-refractivity contribution in [1.82, 2.24) is 30.0 Å². The van der Waals surface area contributed by atoms with Crippen molar-refractivity contribution in [3.63, 3.8) is 0 Å². The van der Waals surface area contributed by atoms with Gasteiger partial charge in [0.05, 0.1) is 18.6 Å². The average molecular weight is 439 g/mol. The van der Waals surface area contributed by atoms with Crippen molar-refractivity contribution < 1.29 is 0 Å². The molecule has 1 saturated heterocycles. The number of tetrazole rings is 1. The third kappa shape index (κ3) is 4.97. The monoisotopic (exact) mass is 438 g/mol. The number of hydrogen-bond acceptors (Lipinski definition) is 5. The molecule has 6 nitrogen and oxygen atoms in total. The molecular weight excluding hydrogens is 408 g/mol. The first-order valence-electron chi connectivity index (χ1n) is 11.2. The quantitative estimate of drug-likeness (QED) is 0.579. The van der Waals surface area contributed by atoms with E-state index in [0.29, 0.717) is 12.1 Å². The summed E-state index contributed by atoms with van der Waals surface area (Å²) >= 11 is 0. The smallest absolute Gasteiger partial charge is 0.165 e. The Morgan fingerprint density at radius 3 is 1.97 bits per heavy atom. The molecule has 0 bridgehead atoms. The zero-order valence-electron chi connectivity index (χ0n) is 17.9. The molecular formula is C24H31ClN6. The lowest BCUT2D eigenvalue weighted by Gasteiger charge is -2.39. The average Bonchev–Trinajstić information content (AvgIpc) is 3.49. The minimum atomic E-state index is 0. The molecule has 0 spiro atoms. The summed E-state index contributed by atoms with van der Waals surface area (Å²) in [5.41, 5.74) is 2.73. The van der Waals surface area contributed by atoms with Gasteiger partial charge in [-0.3, -0.25) is 9.80 Å². The van der Waals surface area contributed by atoms with Gasteiger partial charge in [0.2, 0.25) is 0 Å². The van der Waals surface area contributed by atoms with Crippen LogP contribution in [0.1, 0.15) is 54.7 Å². The molecule has 0 atom stereocenters. The van der Waals surface area contributed by atoms with Crippen LogP contribution in [0.3, 0.4) is 0 Å². The zero-order valence-corrected chi connectivity index (χ0v) is 18.7. The lowest BCUT2D eigenvalue weighted by Crippen LogP contribution is -2.47. The highest BCUT2D eigenvalue weighted by Gasteiger charge is 2.28. The summed E-state index contributed by atoms with van der Waals surface area (Å²) in [5, 5.41) is 12.6. The van der Waals surface area contributed by atoms with Crippen molar-refractivity contribution in [2.75, 3.05) is 26.2 Å². The van der Waals surface area contributed by atoms with Crippen LogP contribution in [-0.2, 0) is 6.54 Å². The highest BCUT2D eigenvalue weighted by molar-refractivity contribution is 5.85. The number of hydrogen-bond donors (Lipinski definition) is 0. The van der Waals surface area contributed by atoms with Gasteiger partial charge in [-0.1, -0.05) is 73.5 Å². The third-order valence-corrected chi connectivity index (χ3v) is 6.60. The van der Waals surface area contributed by atoms with Gasteiger partial charge in [-0.25, -0.2) is 4.68 Å². The number of nitrogens with zero attached hydrogens (tertiary/aromatic N) is 6. The van der Waals surface area contributed by atoms with E-state index in [1.165, 1.54) is 36.8 Å². The van der Waals surface area contributed by atoms with E-state index in [0.717, 1.165) is 38.5 Å². The lowest BCUT2D eigenvalue weighted by molar-refractivity contribution is 0.101. The Bertz CT molecular complexity index is 878. The molecule has 31 heavy (non-hydrogen) atoms. The molecule has 1 aromatic heterocycles. The fraction of sp³-hybridized carbons (Fsp3) is 0.458. The molecule has 0 unspecified atom stereocenters. The molecule has 164 valence electrons. The molecule has 0 amide bonds. The van der Waals surface area contributed by atoms with Crippen molar-refractivity contribution in [2.24, 2.45) is 0 Å². The molecule has 1 saturated carbocycles. The van der Waals surface area contributed by atoms with Crippen molar-refractivity contribution in [1.29, 1.82) is 0 Å². The number of benzene rings is 2. The minimum Gasteiger partial charge on any atom is -0.293 e. The highest BCUT2D eigenvalue weighted by atomic mass is 35.5. The van der Waals surface area contributed by atoms with Gasteiger partial charge in [0, 0.05) is 26.2 Å². The highest BCUT2D eigenvalue weighted by Crippen LogP contribution is 2.31. The normalized spacial score (nSPS) is 18.4. The van der Waals surface area contributed by atoms with Gasteiger partial charge < -0.3 is 0 Å². The van der Waals surface area contributed by atoms with E-state index >= 15 is 0 Å². The molecule has 2 fully saturated rings. The van der Waals surface area contributed by atoms with Crippen molar-refractivity contribution in [3.05, 3.63) is 77.6 Å². The van der Waals surface area contributed by atoms with Crippen LogP contribution in [0.5, 0.6) is 0 Å². The van der Waals surface area contributed by atoms with Gasteiger partial charge in [0.25, 0.3) is 0 Å². The standard InChI is InChI=1S/C24H30N6.ClH/c1-3-9-20(10-4-1)24(21-11-5-2-6-12-21)29-17-15-28(16-18-29)19-23-25-26-27-30(23)22-13-7-8-14-22;/h1-6,9-12,22,24H,7-8,13-19H2;1H. The molecule has 2 heterocycles. The van der Waals surface area contributed by atoms with Gasteiger partial charge >= 0.3 is 0 Å². The number of aromatic nitrogens is 4. The molecule has 0 N–H and O–H groups in total. The maximum absolute atomic E-state index is 4.35. The van der Waals surface area contributed by atoms with Gasteiger partial charge in [-0.2, -0.15) is 0 Å². The van der Waals surface area contributed by atoms with E-state index in [9.17, 15) is 0 Å². The molecule has 2 aliphatic rings. The van der Waals surface area contributed by atoms with E-state index < -0.39 is 0 Å². The molecule has 1 aliphatic heterocycles. The Morgan fingerprint density at radius 1 is 0.806 bits per heavy atom. The molecule has 2 aromatic carbocycles. The summed E-state index contributed by atoms with van der Waals surface area (Å²) < 4.78 is 2.09. The van der Waals surface area contributed by atoms with E-state index in [4.69, 9.17) is 0 Å². The minimum absolute atomic E-state index is 0. The maximum Gasteiger partial charge on any atom is 0.165 e. The summed E-state index contributed by atoms with van der Waals surface area (Å²) in [6, 6.07) is 22.6. The van der Waals surface area contributed by atoms with Crippen LogP contribution in [0.2, 0.25) is 0 Å². The number of halogens is 1. The first kappa shape index (κ1) is 21.9. The molecule has 0 radical (unpaired) electrons. The Morgan fingerprint density at radius 2 is 1.39 bits per heavy atom. The summed E-state index contributed by atoms with van der Waals surface area (Å²) in [6.07, 6.45) is 5.01. The van der Waals surface area contributed by atoms with Crippen LogP contribution < -0.4 is 0 Å². The fourth-order valence-corrected chi connectivity index (χ4v) is 5.01. The first-order valence-corrected chi connectivity index (χ1v) is 11.2.